The van der Waals surface area contributed by atoms with E-state index in [1.54, 1.807) is 4.90 Å². The maximum absolute atomic E-state index is 13.9. The highest BCUT2D eigenvalue weighted by Gasteiger charge is 2.37. The molecule has 0 unspecified atom stereocenters. The zero-order chi connectivity index (χ0) is 14.8. The van der Waals surface area contributed by atoms with Gasteiger partial charge >= 0.3 is 6.18 Å². The zero-order valence-electron chi connectivity index (χ0n) is 10.7. The van der Waals surface area contributed by atoms with Crippen LogP contribution < -0.4 is 5.32 Å². The first-order valence-corrected chi connectivity index (χ1v) is 6.71. The Balaban J connectivity index is 2.31. The molecule has 0 aromatic heterocycles. The summed E-state index contributed by atoms with van der Waals surface area (Å²) in [5.74, 6) is -0.651. The van der Waals surface area contributed by atoms with Crippen LogP contribution in [0.15, 0.2) is 18.2 Å². The van der Waals surface area contributed by atoms with Crippen LogP contribution in [0.3, 0.4) is 0 Å². The van der Waals surface area contributed by atoms with Crippen molar-refractivity contribution in [2.75, 3.05) is 26.2 Å². The molecule has 1 N–H and O–H groups in total. The van der Waals surface area contributed by atoms with Gasteiger partial charge in [-0.25, -0.2) is 4.39 Å². The topological polar surface area (TPSA) is 15.3 Å². The van der Waals surface area contributed by atoms with Crippen molar-refractivity contribution in [1.82, 2.24) is 10.2 Å². The predicted octanol–water partition coefficient (Wildman–Crippen LogP) is 3.38. The van der Waals surface area contributed by atoms with E-state index in [-0.39, 0.29) is 10.6 Å². The third kappa shape index (κ3) is 4.07. The maximum atomic E-state index is 13.9. The standard InChI is InChI=1S/C13H15ClF4N2/c14-9-1-2-11(15)10(7-9)12(8-13(16,17)18)20-5-3-19-4-6-20/h1-2,7,12,19H,3-6,8H2/t12-/m1/s1. The Labute approximate surface area is 119 Å². The number of halogens is 5. The number of piperazine rings is 1. The molecule has 1 heterocycles. The van der Waals surface area contributed by atoms with Crippen LogP contribution in [0, 0.1) is 5.82 Å². The minimum atomic E-state index is -4.36. The lowest BCUT2D eigenvalue weighted by Crippen LogP contribution is -2.46. The van der Waals surface area contributed by atoms with Gasteiger partial charge in [0.25, 0.3) is 0 Å². The van der Waals surface area contributed by atoms with E-state index in [0.717, 1.165) is 6.07 Å². The number of nitrogens with one attached hydrogen (secondary N) is 1. The first-order chi connectivity index (χ1) is 9.37. The highest BCUT2D eigenvalue weighted by atomic mass is 35.5. The molecule has 112 valence electrons. The average molecular weight is 311 g/mol. The van der Waals surface area contributed by atoms with Gasteiger partial charge in [0.1, 0.15) is 5.82 Å². The van der Waals surface area contributed by atoms with Crippen LogP contribution in [-0.2, 0) is 0 Å². The summed E-state index contributed by atoms with van der Waals surface area (Å²) in [5.41, 5.74) is 0.0109. The second-order valence-corrected chi connectivity index (χ2v) is 5.22. The van der Waals surface area contributed by atoms with E-state index in [1.165, 1.54) is 12.1 Å². The van der Waals surface area contributed by atoms with Crippen LogP contribution >= 0.6 is 11.6 Å². The number of nitrogens with zero attached hydrogens (tertiary/aromatic N) is 1. The minimum Gasteiger partial charge on any atom is -0.314 e. The largest absolute Gasteiger partial charge is 0.390 e. The lowest BCUT2D eigenvalue weighted by Gasteiger charge is -2.35. The highest BCUT2D eigenvalue weighted by molar-refractivity contribution is 6.30. The van der Waals surface area contributed by atoms with Gasteiger partial charge in [0.15, 0.2) is 0 Å². The summed E-state index contributed by atoms with van der Waals surface area (Å²) in [4.78, 5) is 1.65. The lowest BCUT2D eigenvalue weighted by atomic mass is 10.00. The molecule has 1 aromatic rings. The van der Waals surface area contributed by atoms with Crippen molar-refractivity contribution in [3.63, 3.8) is 0 Å². The predicted molar refractivity (Wildman–Crippen MR) is 69.3 cm³/mol. The highest BCUT2D eigenvalue weighted by Crippen LogP contribution is 2.36. The van der Waals surface area contributed by atoms with Crippen molar-refractivity contribution in [1.29, 1.82) is 0 Å². The van der Waals surface area contributed by atoms with E-state index in [4.69, 9.17) is 11.6 Å². The quantitative estimate of drug-likeness (QED) is 0.861. The van der Waals surface area contributed by atoms with Gasteiger partial charge in [0.05, 0.1) is 6.42 Å². The van der Waals surface area contributed by atoms with Gasteiger partial charge in [0.2, 0.25) is 0 Å². The summed E-state index contributed by atoms with van der Waals surface area (Å²) in [6.07, 6.45) is -5.44. The number of hydrogen-bond acceptors (Lipinski definition) is 2. The molecule has 1 aliphatic heterocycles. The zero-order valence-corrected chi connectivity index (χ0v) is 11.4. The summed E-state index contributed by atoms with van der Waals surface area (Å²) >= 11 is 5.79. The summed E-state index contributed by atoms with van der Waals surface area (Å²) in [5, 5.41) is 3.31. The molecule has 1 saturated heterocycles. The van der Waals surface area contributed by atoms with Crippen LogP contribution in [0.1, 0.15) is 18.0 Å². The fourth-order valence-electron chi connectivity index (χ4n) is 2.42. The molecule has 1 aliphatic rings. The van der Waals surface area contributed by atoms with Crippen molar-refractivity contribution >= 4 is 11.6 Å². The average Bonchev–Trinajstić information content (AvgIpc) is 2.39. The van der Waals surface area contributed by atoms with Crippen LogP contribution in [0.25, 0.3) is 0 Å². The fourth-order valence-corrected chi connectivity index (χ4v) is 2.60. The third-order valence-electron chi connectivity index (χ3n) is 3.33. The van der Waals surface area contributed by atoms with E-state index in [9.17, 15) is 17.6 Å². The minimum absolute atomic E-state index is 0.0109. The maximum Gasteiger partial charge on any atom is 0.390 e. The van der Waals surface area contributed by atoms with Gasteiger partial charge in [-0.2, -0.15) is 13.2 Å². The van der Waals surface area contributed by atoms with Gasteiger partial charge in [0, 0.05) is 42.8 Å². The summed E-state index contributed by atoms with van der Waals surface area (Å²) in [6.45, 7) is 2.09. The molecule has 20 heavy (non-hydrogen) atoms. The molecule has 0 aliphatic carbocycles. The molecule has 0 bridgehead atoms. The Hall–Kier alpha value is -0.850. The lowest BCUT2D eigenvalue weighted by molar-refractivity contribution is -0.149. The molecule has 2 nitrogen and oxygen atoms in total. The molecule has 1 aromatic carbocycles. The monoisotopic (exact) mass is 310 g/mol. The van der Waals surface area contributed by atoms with E-state index in [1.807, 2.05) is 0 Å². The Morgan fingerprint density at radius 3 is 2.50 bits per heavy atom. The molecule has 0 amide bonds. The molecule has 7 heteroatoms. The second kappa shape index (κ2) is 6.28. The van der Waals surface area contributed by atoms with Crippen molar-refractivity contribution in [2.45, 2.75) is 18.6 Å². The smallest absolute Gasteiger partial charge is 0.314 e. The fraction of sp³-hybridized carbons (Fsp3) is 0.538. The molecule has 0 spiro atoms. The van der Waals surface area contributed by atoms with Gasteiger partial charge in [-0.05, 0) is 18.2 Å². The van der Waals surface area contributed by atoms with Crippen molar-refractivity contribution < 1.29 is 17.6 Å². The van der Waals surface area contributed by atoms with Crippen molar-refractivity contribution in [2.24, 2.45) is 0 Å². The molecular formula is C13H15ClF4N2. The van der Waals surface area contributed by atoms with E-state index in [2.05, 4.69) is 5.32 Å². The van der Waals surface area contributed by atoms with E-state index < -0.39 is 24.5 Å². The number of hydrogen-bond donors (Lipinski definition) is 1. The molecule has 2 rings (SSSR count). The Bertz CT molecular complexity index is 458. The van der Waals surface area contributed by atoms with Crippen molar-refractivity contribution in [3.05, 3.63) is 34.6 Å². The molecule has 1 atom stereocenters. The first-order valence-electron chi connectivity index (χ1n) is 6.33. The van der Waals surface area contributed by atoms with E-state index >= 15 is 0 Å². The Morgan fingerprint density at radius 2 is 1.90 bits per heavy atom. The molecule has 0 radical (unpaired) electrons. The van der Waals surface area contributed by atoms with E-state index in [0.29, 0.717) is 26.2 Å². The van der Waals surface area contributed by atoms with Gasteiger partial charge in [-0.3, -0.25) is 4.90 Å². The number of benzene rings is 1. The SMILES string of the molecule is Fc1ccc(Cl)cc1[C@@H](CC(F)(F)F)N1CCNCC1. The van der Waals surface area contributed by atoms with Crippen LogP contribution in [0.2, 0.25) is 5.02 Å². The molecule has 1 fully saturated rings. The van der Waals surface area contributed by atoms with Crippen molar-refractivity contribution in [3.8, 4) is 0 Å². The van der Waals surface area contributed by atoms with Gasteiger partial charge < -0.3 is 5.32 Å². The van der Waals surface area contributed by atoms with Crippen LogP contribution in [0.5, 0.6) is 0 Å². The van der Waals surface area contributed by atoms with Gasteiger partial charge in [-0.1, -0.05) is 11.6 Å². The second-order valence-electron chi connectivity index (χ2n) is 4.79. The first kappa shape index (κ1) is 15.5. The molecular weight excluding hydrogens is 296 g/mol. The Morgan fingerprint density at radius 1 is 1.25 bits per heavy atom. The van der Waals surface area contributed by atoms with Gasteiger partial charge in [-0.15, -0.1) is 0 Å². The summed E-state index contributed by atoms with van der Waals surface area (Å²) < 4.78 is 52.2. The Kier molecular flexibility index (Phi) is 4.88. The number of alkyl halides is 3. The van der Waals surface area contributed by atoms with Crippen LogP contribution in [-0.4, -0.2) is 37.3 Å². The summed E-state index contributed by atoms with van der Waals surface area (Å²) in [7, 11) is 0. The summed E-state index contributed by atoms with van der Waals surface area (Å²) in [6, 6.07) is 2.71. The normalized spacial score (nSPS) is 19.1. The number of rotatable bonds is 3. The molecule has 0 saturated carbocycles. The van der Waals surface area contributed by atoms with Crippen LogP contribution in [0.4, 0.5) is 17.6 Å². The third-order valence-corrected chi connectivity index (χ3v) is 3.57.